The van der Waals surface area contributed by atoms with Crippen molar-refractivity contribution in [2.75, 3.05) is 26.9 Å². The molecule has 1 rings (SSSR count). The molecular weight excluding hydrogens is 506 g/mol. The number of carbonyl (C=O) groups excluding carboxylic acids is 2. The minimum Gasteiger partial charge on any atom is -0.493 e. The lowest BCUT2D eigenvalue weighted by atomic mass is 9.78. The van der Waals surface area contributed by atoms with Gasteiger partial charge in [-0.15, -0.1) is 0 Å². The smallest absolute Gasteiger partial charge is 0.240 e. The van der Waals surface area contributed by atoms with Crippen LogP contribution in [0.15, 0.2) is 18.2 Å². The second-order valence-electron chi connectivity index (χ2n) is 13.0. The highest BCUT2D eigenvalue weighted by molar-refractivity contribution is 5.87. The number of aliphatic hydroxyl groups excluding tert-OH is 1. The third-order valence-electron chi connectivity index (χ3n) is 8.15. The highest BCUT2D eigenvalue weighted by atomic mass is 16.5. The van der Waals surface area contributed by atoms with Gasteiger partial charge in [-0.2, -0.15) is 0 Å². The minimum atomic E-state index is -1.26. The fourth-order valence-corrected chi connectivity index (χ4v) is 4.71. The maximum Gasteiger partial charge on any atom is 0.240 e. The number of benzene rings is 1. The first-order chi connectivity index (χ1) is 18.5. The van der Waals surface area contributed by atoms with Crippen LogP contribution < -0.4 is 21.5 Å². The standard InChI is InChI=1S/C32H57N3O5/c1-21(2)25(17-24-11-14-27(22(3)4)28(18-24)40-16-10-15-39-9)12-13-26(36)19-32(34,23(5)6)30(38)35-20-31(7,8)29(33)37/h11,14,18,21-23,25-26,36H,10,12-13,15-17,19-20,34H2,1-9H3,(H2,33,37)(H,35,38)/t25-,26-,32-/m0/s1. The quantitative estimate of drug-likeness (QED) is 0.182. The van der Waals surface area contributed by atoms with Gasteiger partial charge in [0.25, 0.3) is 0 Å². The Morgan fingerprint density at radius 3 is 2.23 bits per heavy atom. The molecule has 0 bridgehead atoms. The molecule has 0 aliphatic heterocycles. The molecule has 8 nitrogen and oxygen atoms in total. The zero-order valence-electron chi connectivity index (χ0n) is 26.5. The Balaban J connectivity index is 2.90. The van der Waals surface area contributed by atoms with Crippen LogP contribution in [0, 0.1) is 23.2 Å². The van der Waals surface area contributed by atoms with E-state index >= 15 is 0 Å². The van der Waals surface area contributed by atoms with Crippen LogP contribution in [0.2, 0.25) is 0 Å². The molecule has 40 heavy (non-hydrogen) atoms. The highest BCUT2D eigenvalue weighted by Gasteiger charge is 2.40. The molecule has 6 N–H and O–H groups in total. The predicted molar refractivity (Wildman–Crippen MR) is 162 cm³/mol. The third kappa shape index (κ3) is 11.0. The summed E-state index contributed by atoms with van der Waals surface area (Å²) in [6.07, 6.45) is 2.47. The van der Waals surface area contributed by atoms with Crippen LogP contribution in [0.1, 0.15) is 98.1 Å². The predicted octanol–water partition coefficient (Wildman–Crippen LogP) is 4.55. The largest absolute Gasteiger partial charge is 0.493 e. The fraction of sp³-hybridized carbons (Fsp3) is 0.750. The number of amides is 2. The SMILES string of the molecule is COCCCOc1cc(C[C@H](CC[C@H](O)C[C@@](N)(C(=O)NCC(C)(C)C(N)=O)C(C)C)C(C)C)ccc1C(C)C. The van der Waals surface area contributed by atoms with Crippen LogP contribution in [0.3, 0.4) is 0 Å². The van der Waals surface area contributed by atoms with E-state index in [-0.39, 0.29) is 24.8 Å². The lowest BCUT2D eigenvalue weighted by molar-refractivity contribution is -0.131. The van der Waals surface area contributed by atoms with E-state index < -0.39 is 23.0 Å². The minimum absolute atomic E-state index is 0.0893. The molecule has 1 aromatic rings. The van der Waals surface area contributed by atoms with Crippen molar-refractivity contribution in [3.8, 4) is 5.75 Å². The number of ether oxygens (including phenoxy) is 2. The summed E-state index contributed by atoms with van der Waals surface area (Å²) in [5.74, 6) is 0.970. The number of methoxy groups -OCH3 is 1. The maximum atomic E-state index is 13.1. The molecular formula is C32H57N3O5. The van der Waals surface area contributed by atoms with Gasteiger partial charge < -0.3 is 31.4 Å². The van der Waals surface area contributed by atoms with Gasteiger partial charge in [0.2, 0.25) is 11.8 Å². The Bertz CT molecular complexity index is 931. The fourth-order valence-electron chi connectivity index (χ4n) is 4.71. The van der Waals surface area contributed by atoms with Crippen molar-refractivity contribution in [3.63, 3.8) is 0 Å². The van der Waals surface area contributed by atoms with Crippen LogP contribution >= 0.6 is 0 Å². The Hall–Kier alpha value is -2.16. The zero-order valence-corrected chi connectivity index (χ0v) is 26.5. The number of hydrogen-bond donors (Lipinski definition) is 4. The van der Waals surface area contributed by atoms with Gasteiger partial charge in [0.1, 0.15) is 11.3 Å². The number of carbonyl (C=O) groups is 2. The van der Waals surface area contributed by atoms with Crippen molar-refractivity contribution in [2.24, 2.45) is 34.6 Å². The van der Waals surface area contributed by atoms with Crippen LogP contribution in [0.5, 0.6) is 5.75 Å². The molecule has 1 aromatic carbocycles. The van der Waals surface area contributed by atoms with Gasteiger partial charge in [0.15, 0.2) is 0 Å². The molecule has 8 heteroatoms. The van der Waals surface area contributed by atoms with Gasteiger partial charge in [-0.3, -0.25) is 9.59 Å². The van der Waals surface area contributed by atoms with Crippen LogP contribution in [-0.2, 0) is 20.7 Å². The first kappa shape index (κ1) is 35.9. The van der Waals surface area contributed by atoms with E-state index in [1.54, 1.807) is 21.0 Å². The molecule has 0 saturated heterocycles. The van der Waals surface area contributed by atoms with E-state index in [0.717, 1.165) is 25.0 Å². The van der Waals surface area contributed by atoms with Gasteiger partial charge in [0, 0.05) is 33.1 Å². The summed E-state index contributed by atoms with van der Waals surface area (Å²) in [6.45, 7) is 17.2. The first-order valence-electron chi connectivity index (χ1n) is 14.8. The summed E-state index contributed by atoms with van der Waals surface area (Å²) in [5.41, 5.74) is 12.3. The summed E-state index contributed by atoms with van der Waals surface area (Å²) in [4.78, 5) is 24.8. The van der Waals surface area contributed by atoms with E-state index in [9.17, 15) is 14.7 Å². The van der Waals surface area contributed by atoms with Gasteiger partial charge in [-0.05, 0) is 74.0 Å². The number of primary amides is 1. The van der Waals surface area contributed by atoms with Crippen molar-refractivity contribution in [1.82, 2.24) is 5.32 Å². The Morgan fingerprint density at radius 2 is 1.70 bits per heavy atom. The van der Waals surface area contributed by atoms with E-state index in [1.165, 1.54) is 11.1 Å². The van der Waals surface area contributed by atoms with Crippen molar-refractivity contribution >= 4 is 11.8 Å². The first-order valence-corrected chi connectivity index (χ1v) is 14.8. The van der Waals surface area contributed by atoms with Crippen LogP contribution in [0.25, 0.3) is 0 Å². The number of nitrogens with one attached hydrogen (secondary N) is 1. The van der Waals surface area contributed by atoms with Crippen molar-refractivity contribution in [3.05, 3.63) is 29.3 Å². The molecule has 0 aliphatic carbocycles. The molecule has 2 amide bonds. The summed E-state index contributed by atoms with van der Waals surface area (Å²) in [7, 11) is 1.70. The van der Waals surface area contributed by atoms with Gasteiger partial charge in [-0.1, -0.05) is 53.7 Å². The normalized spacial score (nSPS) is 15.2. The second kappa shape index (κ2) is 16.3. The van der Waals surface area contributed by atoms with Crippen LogP contribution in [0.4, 0.5) is 0 Å². The topological polar surface area (TPSA) is 137 Å². The van der Waals surface area contributed by atoms with E-state index in [2.05, 4.69) is 51.2 Å². The number of nitrogens with two attached hydrogens (primary N) is 2. The highest BCUT2D eigenvalue weighted by Crippen LogP contribution is 2.32. The number of hydrogen-bond acceptors (Lipinski definition) is 6. The van der Waals surface area contributed by atoms with Crippen molar-refractivity contribution in [2.45, 2.75) is 105 Å². The molecule has 230 valence electrons. The van der Waals surface area contributed by atoms with E-state index in [4.69, 9.17) is 20.9 Å². The van der Waals surface area contributed by atoms with E-state index in [0.29, 0.717) is 37.4 Å². The van der Waals surface area contributed by atoms with Crippen LogP contribution in [-0.4, -0.2) is 55.4 Å². The summed E-state index contributed by atoms with van der Waals surface area (Å²) >= 11 is 0. The molecule has 0 aliphatic rings. The zero-order chi connectivity index (χ0) is 30.7. The Morgan fingerprint density at radius 1 is 1.05 bits per heavy atom. The molecule has 0 heterocycles. The van der Waals surface area contributed by atoms with Gasteiger partial charge >= 0.3 is 0 Å². The van der Waals surface area contributed by atoms with Crippen molar-refractivity contribution < 1.29 is 24.2 Å². The lowest BCUT2D eigenvalue weighted by Crippen LogP contribution is -2.60. The molecule has 0 fully saturated rings. The average Bonchev–Trinajstić information content (AvgIpc) is 2.87. The lowest BCUT2D eigenvalue weighted by Gasteiger charge is -2.35. The summed E-state index contributed by atoms with van der Waals surface area (Å²) < 4.78 is 11.3. The van der Waals surface area contributed by atoms with Gasteiger partial charge in [0.05, 0.1) is 18.1 Å². The molecule has 0 unspecified atom stereocenters. The molecule has 0 spiro atoms. The summed E-state index contributed by atoms with van der Waals surface area (Å²) in [6, 6.07) is 6.52. The Labute approximate surface area is 242 Å². The Kier molecular flexibility index (Phi) is 14.6. The number of aliphatic hydroxyl groups is 1. The molecule has 0 aromatic heterocycles. The molecule has 0 radical (unpaired) electrons. The monoisotopic (exact) mass is 563 g/mol. The van der Waals surface area contributed by atoms with Crippen molar-refractivity contribution in [1.29, 1.82) is 0 Å². The maximum absolute atomic E-state index is 13.1. The second-order valence-corrected chi connectivity index (χ2v) is 13.0. The molecule has 0 saturated carbocycles. The summed E-state index contributed by atoms with van der Waals surface area (Å²) in [5, 5.41) is 13.8. The van der Waals surface area contributed by atoms with E-state index in [1.807, 2.05) is 13.8 Å². The molecule has 3 atom stereocenters. The average molecular weight is 564 g/mol. The third-order valence-corrected chi connectivity index (χ3v) is 8.15. The number of rotatable bonds is 19. The van der Waals surface area contributed by atoms with Gasteiger partial charge in [-0.25, -0.2) is 0 Å².